The van der Waals surface area contributed by atoms with Crippen LogP contribution in [0, 0.1) is 5.82 Å². The van der Waals surface area contributed by atoms with Crippen molar-refractivity contribution in [1.29, 1.82) is 0 Å². The molecular formula is C33H36ClF2N7O3. The van der Waals surface area contributed by atoms with Crippen molar-refractivity contribution in [2.45, 2.75) is 74.8 Å². The first-order valence-corrected chi connectivity index (χ1v) is 16.8. The number of H-pyrrole nitrogens is 1. The van der Waals surface area contributed by atoms with Crippen LogP contribution in [-0.4, -0.2) is 99.5 Å². The molecule has 46 heavy (non-hydrogen) atoms. The van der Waals surface area contributed by atoms with E-state index < -0.39 is 17.5 Å². The summed E-state index contributed by atoms with van der Waals surface area (Å²) in [6.45, 7) is 3.85. The Kier molecular flexibility index (Phi) is 6.89. The Bertz CT molecular complexity index is 1830. The van der Waals surface area contributed by atoms with E-state index in [1.165, 1.54) is 0 Å². The number of nitrogens with one attached hydrogen (secondary N) is 1. The molecule has 1 aromatic carbocycles. The highest BCUT2D eigenvalue weighted by atomic mass is 35.5. The number of aromatic nitrogens is 5. The van der Waals surface area contributed by atoms with Crippen molar-refractivity contribution in [3.05, 3.63) is 34.9 Å². The second kappa shape index (κ2) is 10.9. The number of fused-ring (bicyclic) bond motifs is 2. The topological polar surface area (TPSA) is 102 Å². The molecule has 1 aliphatic carbocycles. The zero-order chi connectivity index (χ0) is 31.0. The summed E-state index contributed by atoms with van der Waals surface area (Å²) in [5, 5.41) is 8.98. The van der Waals surface area contributed by atoms with Gasteiger partial charge in [0.15, 0.2) is 5.82 Å². The van der Waals surface area contributed by atoms with Gasteiger partial charge in [-0.05, 0) is 50.3 Å². The lowest BCUT2D eigenvalue weighted by Gasteiger charge is -2.52. The van der Waals surface area contributed by atoms with Gasteiger partial charge in [-0.25, -0.2) is 8.78 Å². The van der Waals surface area contributed by atoms with Crippen LogP contribution in [0.25, 0.3) is 33.1 Å². The maximum atomic E-state index is 17.1. The Morgan fingerprint density at radius 2 is 2.00 bits per heavy atom. The normalized spacial score (nSPS) is 29.7. The Hall–Kier alpha value is -3.19. The van der Waals surface area contributed by atoms with E-state index in [-0.39, 0.29) is 35.5 Å². The summed E-state index contributed by atoms with van der Waals surface area (Å²) in [5.41, 5.74) is 1.67. The number of rotatable bonds is 3. The zero-order valence-electron chi connectivity index (χ0n) is 25.5. The fourth-order valence-electron chi connectivity index (χ4n) is 8.58. The molecule has 4 fully saturated rings. The minimum absolute atomic E-state index is 0.0788. The Labute approximate surface area is 269 Å². The SMILES string of the molecule is Fc1c2ncc3c(nc(OC[C@@]45CCCN4C[C@H](F)C5)nc13)N1CCOC3(CC(C3)OCCCCc3c(Cl)cc4[nH]ncc4c3-2)C1. The van der Waals surface area contributed by atoms with E-state index in [2.05, 4.69) is 25.0 Å². The predicted octanol–water partition coefficient (Wildman–Crippen LogP) is 5.41. The smallest absolute Gasteiger partial charge is 0.319 e. The predicted molar refractivity (Wildman–Crippen MR) is 169 cm³/mol. The number of benzene rings is 1. The minimum atomic E-state index is -0.884. The van der Waals surface area contributed by atoms with Gasteiger partial charge in [-0.15, -0.1) is 0 Å². The molecule has 3 aromatic heterocycles. The molecule has 4 aromatic rings. The van der Waals surface area contributed by atoms with Gasteiger partial charge >= 0.3 is 6.01 Å². The third kappa shape index (κ3) is 4.66. The maximum absolute atomic E-state index is 17.1. The Balaban J connectivity index is 1.20. The van der Waals surface area contributed by atoms with Crippen molar-refractivity contribution in [3.63, 3.8) is 0 Å². The largest absolute Gasteiger partial charge is 0.461 e. The highest BCUT2D eigenvalue weighted by Crippen LogP contribution is 2.45. The Morgan fingerprint density at radius 1 is 1.09 bits per heavy atom. The number of pyridine rings is 1. The van der Waals surface area contributed by atoms with Crippen LogP contribution < -0.4 is 9.64 Å². The van der Waals surface area contributed by atoms with Gasteiger partial charge in [0.05, 0.1) is 41.0 Å². The van der Waals surface area contributed by atoms with Gasteiger partial charge in [0.2, 0.25) is 0 Å². The molecule has 7 bridgehead atoms. The molecule has 10 nitrogen and oxygen atoms in total. The van der Waals surface area contributed by atoms with Crippen molar-refractivity contribution in [2.75, 3.05) is 50.9 Å². The van der Waals surface area contributed by atoms with Gasteiger partial charge < -0.3 is 19.1 Å². The number of nitrogens with zero attached hydrogens (tertiary/aromatic N) is 6. The average Bonchev–Trinajstić information content (AvgIpc) is 3.73. The lowest BCUT2D eigenvalue weighted by molar-refractivity contribution is -0.176. The first kappa shape index (κ1) is 29.0. The average molecular weight is 652 g/mol. The van der Waals surface area contributed by atoms with Gasteiger partial charge in [0.1, 0.15) is 29.8 Å². The number of halogens is 3. The summed E-state index contributed by atoms with van der Waals surface area (Å²) in [7, 11) is 0. The third-order valence-corrected chi connectivity index (χ3v) is 11.2. The molecule has 6 aliphatic heterocycles. The van der Waals surface area contributed by atoms with E-state index in [4.69, 9.17) is 35.8 Å². The van der Waals surface area contributed by atoms with Gasteiger partial charge in [-0.2, -0.15) is 15.1 Å². The van der Waals surface area contributed by atoms with Crippen LogP contribution >= 0.6 is 11.6 Å². The second-order valence-corrected chi connectivity index (χ2v) is 14.1. The summed E-state index contributed by atoms with van der Waals surface area (Å²) >= 11 is 6.85. The fraction of sp³-hybridized carbons (Fsp3) is 0.576. The quantitative estimate of drug-likeness (QED) is 0.312. The zero-order valence-corrected chi connectivity index (χ0v) is 26.3. The number of anilines is 1. The van der Waals surface area contributed by atoms with Crippen LogP contribution in [0.3, 0.4) is 0 Å². The van der Waals surface area contributed by atoms with Crippen LogP contribution in [0.4, 0.5) is 14.6 Å². The molecule has 2 atom stereocenters. The summed E-state index contributed by atoms with van der Waals surface area (Å²) in [6, 6.07) is 1.92. The van der Waals surface area contributed by atoms with Crippen molar-refractivity contribution in [3.8, 4) is 17.3 Å². The molecule has 11 rings (SSSR count). The van der Waals surface area contributed by atoms with Crippen molar-refractivity contribution < 1.29 is 23.0 Å². The third-order valence-electron chi connectivity index (χ3n) is 10.8. The van der Waals surface area contributed by atoms with Crippen molar-refractivity contribution >= 4 is 39.2 Å². The number of alkyl halides is 1. The fourth-order valence-corrected chi connectivity index (χ4v) is 8.88. The molecule has 1 spiro atoms. The molecule has 1 N–H and O–H groups in total. The second-order valence-electron chi connectivity index (χ2n) is 13.7. The summed E-state index contributed by atoms with van der Waals surface area (Å²) in [5.74, 6) is -0.00801. The summed E-state index contributed by atoms with van der Waals surface area (Å²) in [6.07, 6.45) is 8.75. The van der Waals surface area contributed by atoms with E-state index in [1.54, 1.807) is 12.4 Å². The Morgan fingerprint density at radius 3 is 2.91 bits per heavy atom. The van der Waals surface area contributed by atoms with Crippen molar-refractivity contribution in [2.24, 2.45) is 0 Å². The van der Waals surface area contributed by atoms with Crippen LogP contribution in [0.15, 0.2) is 18.5 Å². The molecule has 0 amide bonds. The van der Waals surface area contributed by atoms with Crippen LogP contribution in [0.2, 0.25) is 5.02 Å². The van der Waals surface area contributed by atoms with E-state index in [0.717, 1.165) is 56.0 Å². The molecule has 1 saturated carbocycles. The first-order chi connectivity index (χ1) is 22.4. The van der Waals surface area contributed by atoms with E-state index in [9.17, 15) is 4.39 Å². The molecule has 0 radical (unpaired) electrons. The van der Waals surface area contributed by atoms with Crippen LogP contribution in [0.5, 0.6) is 6.01 Å². The summed E-state index contributed by atoms with van der Waals surface area (Å²) in [4.78, 5) is 18.6. The highest BCUT2D eigenvalue weighted by Gasteiger charge is 2.51. The molecule has 242 valence electrons. The van der Waals surface area contributed by atoms with Gasteiger partial charge in [-0.1, -0.05) is 11.6 Å². The minimum Gasteiger partial charge on any atom is -0.461 e. The number of hydrogen-bond donors (Lipinski definition) is 1. The van der Waals surface area contributed by atoms with E-state index in [1.807, 2.05) is 6.07 Å². The number of ether oxygens (including phenoxy) is 3. The number of hydrogen-bond acceptors (Lipinski definition) is 9. The number of aromatic amines is 1. The van der Waals surface area contributed by atoms with Crippen LogP contribution in [0.1, 0.15) is 50.5 Å². The van der Waals surface area contributed by atoms with E-state index in [0.29, 0.717) is 73.0 Å². The molecule has 13 heteroatoms. The monoisotopic (exact) mass is 651 g/mol. The lowest BCUT2D eigenvalue weighted by atomic mass is 9.76. The van der Waals surface area contributed by atoms with Gasteiger partial charge in [-0.3, -0.25) is 15.0 Å². The molecular weight excluding hydrogens is 616 g/mol. The highest BCUT2D eigenvalue weighted by molar-refractivity contribution is 6.33. The lowest BCUT2D eigenvalue weighted by Crippen LogP contribution is -2.61. The molecule has 9 heterocycles. The first-order valence-electron chi connectivity index (χ1n) is 16.4. The molecule has 3 saturated heterocycles. The van der Waals surface area contributed by atoms with Gasteiger partial charge in [0, 0.05) is 67.7 Å². The maximum Gasteiger partial charge on any atom is 0.319 e. The molecule has 7 aliphatic rings. The van der Waals surface area contributed by atoms with E-state index >= 15 is 4.39 Å². The van der Waals surface area contributed by atoms with Gasteiger partial charge in [0.25, 0.3) is 0 Å². The summed E-state index contributed by atoms with van der Waals surface area (Å²) < 4.78 is 50.5. The van der Waals surface area contributed by atoms with Crippen LogP contribution in [-0.2, 0) is 15.9 Å². The standard InChI is InChI=1S/C33H36ClF2N7O3/c34-24-10-25-22(15-38-41-25)26-21(24)4-1-2-8-44-20-12-33(13-20)17-42(7-9-46-33)30-23-14-37-29(26)27(36)28(23)39-31(40-30)45-18-32-5-3-6-43(32)16-19(35)11-32/h10,14-15,19-20H,1-9,11-13,16-18H2,(H,38,41)/t19-,20?,32+,33?/m1/s1. The van der Waals surface area contributed by atoms with Crippen molar-refractivity contribution in [1.82, 2.24) is 30.0 Å². The number of morpholine rings is 1. The molecule has 0 unspecified atom stereocenters.